The summed E-state index contributed by atoms with van der Waals surface area (Å²) in [5.74, 6) is -3.09. The van der Waals surface area contributed by atoms with Crippen molar-refractivity contribution in [2.24, 2.45) is 4.99 Å². The second kappa shape index (κ2) is 3.88. The molecule has 0 aliphatic carbocycles. The van der Waals surface area contributed by atoms with Crippen LogP contribution in [0.15, 0.2) is 23.2 Å². The lowest BCUT2D eigenvalue weighted by Gasteiger charge is -2.01. The number of rotatable bonds is 2. The van der Waals surface area contributed by atoms with Gasteiger partial charge in [0, 0.05) is 5.56 Å². The molecular formula is C10H7F2NO3. The van der Waals surface area contributed by atoms with E-state index in [4.69, 9.17) is 9.84 Å². The van der Waals surface area contributed by atoms with Gasteiger partial charge >= 0.3 is 5.97 Å². The molecule has 0 saturated carbocycles. The van der Waals surface area contributed by atoms with Gasteiger partial charge in [0.15, 0.2) is 17.7 Å². The Morgan fingerprint density at radius 3 is 2.75 bits per heavy atom. The summed E-state index contributed by atoms with van der Waals surface area (Å²) in [7, 11) is 0. The maximum Gasteiger partial charge on any atom is 0.332 e. The molecule has 4 nitrogen and oxygen atoms in total. The molecule has 1 aliphatic rings. The average molecular weight is 227 g/mol. The molecule has 0 aromatic heterocycles. The standard InChI is InChI=1S/C10H7F2NO3/c11-6-2-1-5(3-7(6)12)9-13-8(4-16-9)10(14)15/h1-3,8H,4H2,(H,14,15). The topological polar surface area (TPSA) is 58.9 Å². The number of carboxylic acids is 1. The Labute approximate surface area is 89.2 Å². The van der Waals surface area contributed by atoms with Gasteiger partial charge in [0.05, 0.1) is 0 Å². The molecule has 6 heteroatoms. The predicted molar refractivity (Wildman–Crippen MR) is 50.3 cm³/mol. The summed E-state index contributed by atoms with van der Waals surface area (Å²) in [5.41, 5.74) is 0.225. The van der Waals surface area contributed by atoms with E-state index in [-0.39, 0.29) is 18.1 Å². The second-order valence-corrected chi connectivity index (χ2v) is 3.23. The molecular weight excluding hydrogens is 220 g/mol. The highest BCUT2D eigenvalue weighted by Gasteiger charge is 2.26. The van der Waals surface area contributed by atoms with Crippen LogP contribution in [0.5, 0.6) is 0 Å². The van der Waals surface area contributed by atoms with Gasteiger partial charge in [0.25, 0.3) is 0 Å². The number of aliphatic carboxylic acids is 1. The van der Waals surface area contributed by atoms with Crippen molar-refractivity contribution in [3.63, 3.8) is 0 Å². The Kier molecular flexibility index (Phi) is 2.55. The molecule has 0 bridgehead atoms. The van der Waals surface area contributed by atoms with E-state index in [0.29, 0.717) is 0 Å². The van der Waals surface area contributed by atoms with E-state index in [0.717, 1.165) is 12.1 Å². The average Bonchev–Trinajstić information content (AvgIpc) is 2.71. The van der Waals surface area contributed by atoms with E-state index in [1.807, 2.05) is 0 Å². The van der Waals surface area contributed by atoms with Gasteiger partial charge in [-0.05, 0) is 18.2 Å². The third kappa shape index (κ3) is 1.86. The van der Waals surface area contributed by atoms with Crippen molar-refractivity contribution >= 4 is 11.9 Å². The van der Waals surface area contributed by atoms with E-state index >= 15 is 0 Å². The number of carbonyl (C=O) groups is 1. The lowest BCUT2D eigenvalue weighted by Crippen LogP contribution is -2.18. The first-order valence-electron chi connectivity index (χ1n) is 4.47. The van der Waals surface area contributed by atoms with E-state index in [1.165, 1.54) is 6.07 Å². The number of benzene rings is 1. The molecule has 1 unspecified atom stereocenters. The van der Waals surface area contributed by atoms with Crippen LogP contribution >= 0.6 is 0 Å². The number of hydrogen-bond acceptors (Lipinski definition) is 3. The van der Waals surface area contributed by atoms with Crippen LogP contribution in [0.25, 0.3) is 0 Å². The number of hydrogen-bond donors (Lipinski definition) is 1. The Balaban J connectivity index is 2.29. The Morgan fingerprint density at radius 1 is 1.44 bits per heavy atom. The van der Waals surface area contributed by atoms with E-state index < -0.39 is 23.6 Å². The fraction of sp³-hybridized carbons (Fsp3) is 0.200. The lowest BCUT2D eigenvalue weighted by molar-refractivity contribution is -0.138. The Bertz CT molecular complexity index is 473. The van der Waals surface area contributed by atoms with Crippen LogP contribution in [0.1, 0.15) is 5.56 Å². The summed E-state index contributed by atoms with van der Waals surface area (Å²) in [4.78, 5) is 14.3. The van der Waals surface area contributed by atoms with Crippen molar-refractivity contribution in [3.05, 3.63) is 35.4 Å². The molecule has 0 amide bonds. The molecule has 0 fully saturated rings. The van der Waals surface area contributed by atoms with Crippen molar-refractivity contribution < 1.29 is 23.4 Å². The van der Waals surface area contributed by atoms with E-state index in [9.17, 15) is 13.6 Å². The van der Waals surface area contributed by atoms with Crippen molar-refractivity contribution in [1.29, 1.82) is 0 Å². The molecule has 0 saturated heterocycles. The molecule has 1 heterocycles. The third-order valence-corrected chi connectivity index (χ3v) is 2.10. The van der Waals surface area contributed by atoms with Gasteiger partial charge in [-0.3, -0.25) is 0 Å². The minimum absolute atomic E-state index is 0.0197. The highest BCUT2D eigenvalue weighted by atomic mass is 19.2. The smallest absolute Gasteiger partial charge is 0.332 e. The van der Waals surface area contributed by atoms with E-state index in [1.54, 1.807) is 0 Å². The largest absolute Gasteiger partial charge is 0.480 e. The van der Waals surface area contributed by atoms with Crippen LogP contribution in [0.3, 0.4) is 0 Å². The van der Waals surface area contributed by atoms with Crippen LogP contribution < -0.4 is 0 Å². The SMILES string of the molecule is O=C(O)C1COC(c2ccc(F)c(F)c2)=N1. The summed E-state index contributed by atoms with van der Waals surface area (Å²) < 4.78 is 30.5. The molecule has 1 N–H and O–H groups in total. The first kappa shape index (κ1) is 10.5. The van der Waals surface area contributed by atoms with Gasteiger partial charge in [0.1, 0.15) is 6.61 Å². The summed E-state index contributed by atoms with van der Waals surface area (Å²) in [5, 5.41) is 8.66. The quantitative estimate of drug-likeness (QED) is 0.825. The number of aliphatic imine (C=N–C) groups is 1. The number of halogens is 2. The number of nitrogens with zero attached hydrogens (tertiary/aromatic N) is 1. The van der Waals surface area contributed by atoms with Gasteiger partial charge < -0.3 is 9.84 Å². The molecule has 1 atom stereocenters. The summed E-state index contributed by atoms with van der Waals surface area (Å²) >= 11 is 0. The van der Waals surface area contributed by atoms with Crippen LogP contribution in [-0.4, -0.2) is 29.6 Å². The zero-order chi connectivity index (χ0) is 11.7. The third-order valence-electron chi connectivity index (χ3n) is 2.10. The maximum absolute atomic E-state index is 12.9. The van der Waals surface area contributed by atoms with Gasteiger partial charge in [0.2, 0.25) is 5.90 Å². The van der Waals surface area contributed by atoms with Gasteiger partial charge in [-0.2, -0.15) is 0 Å². The zero-order valence-corrected chi connectivity index (χ0v) is 7.98. The highest BCUT2D eigenvalue weighted by Crippen LogP contribution is 2.15. The highest BCUT2D eigenvalue weighted by molar-refractivity contribution is 5.97. The van der Waals surface area contributed by atoms with Crippen LogP contribution in [0.2, 0.25) is 0 Å². The van der Waals surface area contributed by atoms with Gasteiger partial charge in [-0.15, -0.1) is 0 Å². The second-order valence-electron chi connectivity index (χ2n) is 3.23. The number of carboxylic acid groups (broad SMARTS) is 1. The summed E-state index contributed by atoms with van der Waals surface area (Å²) in [6.07, 6.45) is 0. The van der Waals surface area contributed by atoms with Crippen LogP contribution in [-0.2, 0) is 9.53 Å². The van der Waals surface area contributed by atoms with E-state index in [2.05, 4.69) is 4.99 Å². The Hall–Kier alpha value is -1.98. The molecule has 84 valence electrons. The van der Waals surface area contributed by atoms with Gasteiger partial charge in [-0.1, -0.05) is 0 Å². The van der Waals surface area contributed by atoms with Crippen molar-refractivity contribution in [1.82, 2.24) is 0 Å². The maximum atomic E-state index is 12.9. The minimum atomic E-state index is -1.11. The van der Waals surface area contributed by atoms with Crippen molar-refractivity contribution in [2.75, 3.05) is 6.61 Å². The normalized spacial score (nSPS) is 19.1. The summed E-state index contributed by atoms with van der Waals surface area (Å²) in [6, 6.07) is 2.15. The van der Waals surface area contributed by atoms with Crippen LogP contribution in [0, 0.1) is 11.6 Å². The molecule has 2 rings (SSSR count). The monoisotopic (exact) mass is 227 g/mol. The fourth-order valence-corrected chi connectivity index (χ4v) is 1.29. The predicted octanol–water partition coefficient (Wildman–Crippen LogP) is 1.19. The molecule has 0 spiro atoms. The molecule has 1 aliphatic heterocycles. The molecule has 1 aromatic carbocycles. The molecule has 1 aromatic rings. The Morgan fingerprint density at radius 2 is 2.19 bits per heavy atom. The molecule has 16 heavy (non-hydrogen) atoms. The zero-order valence-electron chi connectivity index (χ0n) is 7.98. The minimum Gasteiger partial charge on any atom is -0.480 e. The fourth-order valence-electron chi connectivity index (χ4n) is 1.29. The van der Waals surface area contributed by atoms with Gasteiger partial charge in [-0.25, -0.2) is 18.6 Å². The van der Waals surface area contributed by atoms with Crippen LogP contribution in [0.4, 0.5) is 8.78 Å². The first-order valence-corrected chi connectivity index (χ1v) is 4.47. The summed E-state index contributed by atoms with van der Waals surface area (Å²) in [6.45, 7) is -0.0936. The first-order chi connectivity index (χ1) is 7.58. The van der Waals surface area contributed by atoms with Crippen molar-refractivity contribution in [3.8, 4) is 0 Å². The lowest BCUT2D eigenvalue weighted by atomic mass is 10.2. The molecule has 0 radical (unpaired) electrons. The number of ether oxygens (including phenoxy) is 1. The van der Waals surface area contributed by atoms with Crippen molar-refractivity contribution in [2.45, 2.75) is 6.04 Å².